The molecule has 8 aromatic carbocycles. The number of benzene rings is 8. The summed E-state index contributed by atoms with van der Waals surface area (Å²) in [5, 5.41) is 10.7. The second-order valence-electron chi connectivity index (χ2n) is 14.0. The first-order valence-electron chi connectivity index (χ1n) is 17.7. The van der Waals surface area contributed by atoms with Gasteiger partial charge in [0.2, 0.25) is 0 Å². The van der Waals surface area contributed by atoms with Crippen LogP contribution in [-0.4, -0.2) is 0 Å². The van der Waals surface area contributed by atoms with Gasteiger partial charge in [-0.3, -0.25) is 0 Å². The molecule has 0 N–H and O–H groups in total. The molecule has 53 heavy (non-hydrogen) atoms. The first-order valence-corrected chi connectivity index (χ1v) is 17.7. The van der Waals surface area contributed by atoms with E-state index in [9.17, 15) is 0 Å². The van der Waals surface area contributed by atoms with Crippen molar-refractivity contribution in [3.63, 3.8) is 0 Å². The minimum atomic E-state index is 0.817. The third-order valence-electron chi connectivity index (χ3n) is 11.1. The molecule has 5 aromatic heterocycles. The van der Waals surface area contributed by atoms with E-state index in [4.69, 9.17) is 22.1 Å². The summed E-state index contributed by atoms with van der Waals surface area (Å²) < 4.78 is 31.4. The summed E-state index contributed by atoms with van der Waals surface area (Å²) in [5.41, 5.74) is 13.0. The molecule has 0 aliphatic heterocycles. The van der Waals surface area contributed by atoms with Crippen LogP contribution in [0.25, 0.3) is 132 Å². The summed E-state index contributed by atoms with van der Waals surface area (Å²) in [7, 11) is 0. The van der Waals surface area contributed by atoms with Crippen LogP contribution in [0.4, 0.5) is 0 Å². The molecule has 0 amide bonds. The van der Waals surface area contributed by atoms with Gasteiger partial charge in [-0.05, 0) is 101 Å². The van der Waals surface area contributed by atoms with Crippen LogP contribution in [0.5, 0.6) is 0 Å². The maximum atomic E-state index is 6.35. The molecule has 0 unspecified atom stereocenters. The monoisotopic (exact) mass is 680 g/mol. The topological polar surface area (TPSA) is 65.7 Å². The van der Waals surface area contributed by atoms with E-state index in [1.807, 2.05) is 42.5 Å². The summed E-state index contributed by atoms with van der Waals surface area (Å²) in [5.74, 6) is 0. The van der Waals surface area contributed by atoms with Crippen LogP contribution in [0, 0.1) is 0 Å². The predicted octanol–water partition coefficient (Wildman–Crippen LogP) is 14.5. The Hall–Kier alpha value is -7.24. The van der Waals surface area contributed by atoms with Gasteiger partial charge in [0.15, 0.2) is 0 Å². The highest BCUT2D eigenvalue weighted by molar-refractivity contribution is 6.17. The Morgan fingerprint density at radius 2 is 0.472 bits per heavy atom. The second kappa shape index (κ2) is 9.75. The molecule has 13 aromatic rings. The standard InChI is InChI=1S/C48H24O5/c1-3-7-39-29(5-1)35-21-36-33-19-27(11-15-43(33)53-48(36)24-47(35)51-39)25-9-13-41-31(17-25)32-18-26(10-14-42(32)49-41)28-12-16-44-34(20-28)38-23-45-37(22-46(38)52-44)30-6-2-4-8-40(30)50-45/h1-24H. The van der Waals surface area contributed by atoms with E-state index in [1.165, 1.54) is 0 Å². The Balaban J connectivity index is 0.932. The van der Waals surface area contributed by atoms with Crippen molar-refractivity contribution in [2.24, 2.45) is 0 Å². The highest BCUT2D eigenvalue weighted by atomic mass is 16.4. The van der Waals surface area contributed by atoms with Gasteiger partial charge in [-0.25, -0.2) is 0 Å². The zero-order valence-electron chi connectivity index (χ0n) is 27.9. The van der Waals surface area contributed by atoms with E-state index in [-0.39, 0.29) is 0 Å². The number of para-hydroxylation sites is 2. The van der Waals surface area contributed by atoms with Crippen molar-refractivity contribution in [1.29, 1.82) is 0 Å². The van der Waals surface area contributed by atoms with Gasteiger partial charge in [-0.1, -0.05) is 60.7 Å². The van der Waals surface area contributed by atoms with Crippen LogP contribution in [0.3, 0.4) is 0 Å². The largest absolute Gasteiger partial charge is 0.456 e. The van der Waals surface area contributed by atoms with Gasteiger partial charge in [0.1, 0.15) is 55.8 Å². The van der Waals surface area contributed by atoms with Crippen molar-refractivity contribution in [2.75, 3.05) is 0 Å². The lowest BCUT2D eigenvalue weighted by atomic mass is 9.98. The smallest absolute Gasteiger partial charge is 0.139 e. The molecule has 0 bridgehead atoms. The predicted molar refractivity (Wildman–Crippen MR) is 214 cm³/mol. The van der Waals surface area contributed by atoms with E-state index in [0.29, 0.717) is 0 Å². The van der Waals surface area contributed by atoms with E-state index in [1.54, 1.807) is 0 Å². The molecule has 246 valence electrons. The third kappa shape index (κ3) is 3.80. The average Bonchev–Trinajstić information content (AvgIpc) is 4.01. The third-order valence-corrected chi connectivity index (χ3v) is 11.1. The van der Waals surface area contributed by atoms with Crippen molar-refractivity contribution >= 4 is 110 Å². The normalized spacial score (nSPS) is 12.5. The molecular weight excluding hydrogens is 657 g/mol. The summed E-state index contributed by atoms with van der Waals surface area (Å²) in [6, 6.07) is 50.4. The van der Waals surface area contributed by atoms with Crippen LogP contribution in [0.15, 0.2) is 168 Å². The van der Waals surface area contributed by atoms with Crippen molar-refractivity contribution in [3.05, 3.63) is 146 Å². The Bertz CT molecular complexity index is 3690. The molecular formula is C48H24O5. The first-order chi connectivity index (χ1) is 26.2. The lowest BCUT2D eigenvalue weighted by molar-refractivity contribution is 0.656. The zero-order valence-corrected chi connectivity index (χ0v) is 27.9. The van der Waals surface area contributed by atoms with Gasteiger partial charge < -0.3 is 22.1 Å². The van der Waals surface area contributed by atoms with Crippen molar-refractivity contribution in [2.45, 2.75) is 0 Å². The highest BCUT2D eigenvalue weighted by Gasteiger charge is 2.17. The zero-order chi connectivity index (χ0) is 34.4. The molecule has 0 spiro atoms. The number of hydrogen-bond acceptors (Lipinski definition) is 5. The van der Waals surface area contributed by atoms with Crippen molar-refractivity contribution in [3.8, 4) is 22.3 Å². The fourth-order valence-electron chi connectivity index (χ4n) is 8.49. The summed E-state index contributed by atoms with van der Waals surface area (Å²) in [6.07, 6.45) is 0. The Labute approximate surface area is 298 Å². The van der Waals surface area contributed by atoms with Crippen LogP contribution in [-0.2, 0) is 0 Å². The summed E-state index contributed by atoms with van der Waals surface area (Å²) in [6.45, 7) is 0. The lowest BCUT2D eigenvalue weighted by Crippen LogP contribution is -1.80. The van der Waals surface area contributed by atoms with Gasteiger partial charge in [-0.15, -0.1) is 0 Å². The van der Waals surface area contributed by atoms with Crippen LogP contribution < -0.4 is 0 Å². The number of fused-ring (bicyclic) bond motifs is 15. The van der Waals surface area contributed by atoms with E-state index >= 15 is 0 Å². The van der Waals surface area contributed by atoms with E-state index in [2.05, 4.69) is 103 Å². The molecule has 13 rings (SSSR count). The Kier molecular flexibility index (Phi) is 5.06. The van der Waals surface area contributed by atoms with Gasteiger partial charge >= 0.3 is 0 Å². The van der Waals surface area contributed by atoms with Gasteiger partial charge in [0.25, 0.3) is 0 Å². The average molecular weight is 681 g/mol. The van der Waals surface area contributed by atoms with Gasteiger partial charge in [0.05, 0.1) is 0 Å². The van der Waals surface area contributed by atoms with E-state index in [0.717, 1.165) is 132 Å². The second-order valence-corrected chi connectivity index (χ2v) is 14.0. The van der Waals surface area contributed by atoms with Crippen LogP contribution in [0.2, 0.25) is 0 Å². The Morgan fingerprint density at radius 1 is 0.189 bits per heavy atom. The number of hydrogen-bond donors (Lipinski definition) is 0. The summed E-state index contributed by atoms with van der Waals surface area (Å²) in [4.78, 5) is 0. The van der Waals surface area contributed by atoms with Crippen molar-refractivity contribution < 1.29 is 22.1 Å². The maximum Gasteiger partial charge on any atom is 0.139 e. The van der Waals surface area contributed by atoms with Gasteiger partial charge in [-0.2, -0.15) is 0 Å². The molecule has 5 heterocycles. The minimum Gasteiger partial charge on any atom is -0.456 e. The van der Waals surface area contributed by atoms with Crippen LogP contribution in [0.1, 0.15) is 0 Å². The maximum absolute atomic E-state index is 6.35. The number of rotatable bonds is 2. The molecule has 0 aliphatic carbocycles. The molecule has 0 fully saturated rings. The molecule has 0 atom stereocenters. The summed E-state index contributed by atoms with van der Waals surface area (Å²) >= 11 is 0. The Morgan fingerprint density at radius 3 is 0.906 bits per heavy atom. The van der Waals surface area contributed by atoms with E-state index < -0.39 is 0 Å². The number of furan rings is 5. The first kappa shape index (κ1) is 27.5. The van der Waals surface area contributed by atoms with Crippen molar-refractivity contribution in [1.82, 2.24) is 0 Å². The minimum absolute atomic E-state index is 0.817. The lowest BCUT2D eigenvalue weighted by Gasteiger charge is -2.04. The molecule has 0 radical (unpaired) electrons. The van der Waals surface area contributed by atoms with Gasteiger partial charge in [0, 0.05) is 59.9 Å². The molecule has 0 saturated carbocycles. The molecule has 0 aliphatic rings. The fourth-order valence-corrected chi connectivity index (χ4v) is 8.49. The SMILES string of the molecule is c1ccc2c(c1)oc1cc3c(cc12)oc1ccc(-c2ccc4oc5ccc(-c6ccc7oc8cc9oc%10ccccc%10c9cc8c7c6)cc5c4c2)cc13. The highest BCUT2D eigenvalue weighted by Crippen LogP contribution is 2.41. The fraction of sp³-hybridized carbons (Fsp3) is 0. The molecule has 0 saturated heterocycles. The molecule has 5 heteroatoms. The van der Waals surface area contributed by atoms with Crippen LogP contribution >= 0.6 is 0 Å². The molecule has 5 nitrogen and oxygen atoms in total. The quantitative estimate of drug-likeness (QED) is 0.182.